The van der Waals surface area contributed by atoms with E-state index in [2.05, 4.69) is 0 Å². The van der Waals surface area contributed by atoms with Gasteiger partial charge in [-0.15, -0.1) is 0 Å². The molecule has 0 aliphatic carbocycles. The molecular formula is C32H28N2O9. The van der Waals surface area contributed by atoms with Crippen LogP contribution in [-0.2, 0) is 26.0 Å². The number of ether oxygens (including phenoxy) is 4. The van der Waals surface area contributed by atoms with Crippen molar-refractivity contribution in [2.75, 3.05) is 6.61 Å². The van der Waals surface area contributed by atoms with Crippen LogP contribution in [0.25, 0.3) is 0 Å². The zero-order valence-electron chi connectivity index (χ0n) is 23.3. The second kappa shape index (κ2) is 12.7. The lowest BCUT2D eigenvalue weighted by Gasteiger charge is -2.26. The van der Waals surface area contributed by atoms with Gasteiger partial charge >= 0.3 is 23.6 Å². The van der Waals surface area contributed by atoms with E-state index in [0.717, 1.165) is 9.13 Å². The summed E-state index contributed by atoms with van der Waals surface area (Å²) < 4.78 is 25.5. The van der Waals surface area contributed by atoms with Crippen molar-refractivity contribution >= 4 is 17.9 Å². The van der Waals surface area contributed by atoms with E-state index in [1.165, 1.54) is 20.0 Å². The van der Waals surface area contributed by atoms with Crippen molar-refractivity contribution in [3.63, 3.8) is 0 Å². The molecule has 1 aliphatic heterocycles. The molecule has 5 rings (SSSR count). The fourth-order valence-electron chi connectivity index (χ4n) is 4.73. The largest absolute Gasteiger partial charge is 0.459 e. The van der Waals surface area contributed by atoms with Crippen molar-refractivity contribution in [2.45, 2.75) is 31.5 Å². The molecule has 1 saturated heterocycles. The summed E-state index contributed by atoms with van der Waals surface area (Å²) >= 11 is 0. The molecule has 3 aromatic carbocycles. The number of hydrogen-bond donors (Lipinski definition) is 0. The molecule has 43 heavy (non-hydrogen) atoms. The number of rotatable bonds is 8. The lowest BCUT2D eigenvalue weighted by atomic mass is 10.1. The van der Waals surface area contributed by atoms with Crippen LogP contribution in [0, 0.1) is 6.92 Å². The molecule has 11 heteroatoms. The minimum absolute atomic E-state index is 0.206. The molecule has 2 heterocycles. The highest BCUT2D eigenvalue weighted by Gasteiger charge is 2.52. The SMILES string of the molecule is Cc1cc(=O)n(C)c(=O)n1[C@@H]1O[C@H](COC(=O)c2ccccc2)[C@@H](OC(=O)c2ccccc2)[C@H]1OC(=O)c1ccccc1. The molecule has 11 nitrogen and oxygen atoms in total. The van der Waals surface area contributed by atoms with Gasteiger partial charge in [0.25, 0.3) is 5.56 Å². The number of nitrogens with zero attached hydrogens (tertiary/aromatic N) is 2. The first-order valence-electron chi connectivity index (χ1n) is 13.4. The van der Waals surface area contributed by atoms with Gasteiger partial charge in [0.15, 0.2) is 18.4 Å². The Morgan fingerprint density at radius 1 is 0.721 bits per heavy atom. The predicted octanol–water partition coefficient (Wildman–Crippen LogP) is 3.06. The van der Waals surface area contributed by atoms with Gasteiger partial charge in [-0.2, -0.15) is 0 Å². The second-order valence-corrected chi connectivity index (χ2v) is 9.84. The van der Waals surface area contributed by atoms with Crippen molar-refractivity contribution in [1.29, 1.82) is 0 Å². The molecule has 0 unspecified atom stereocenters. The van der Waals surface area contributed by atoms with Crippen LogP contribution >= 0.6 is 0 Å². The Morgan fingerprint density at radius 2 is 1.19 bits per heavy atom. The average molecular weight is 585 g/mol. The van der Waals surface area contributed by atoms with E-state index in [9.17, 15) is 24.0 Å². The number of benzene rings is 3. The average Bonchev–Trinajstić information content (AvgIpc) is 3.35. The van der Waals surface area contributed by atoms with Crippen molar-refractivity contribution in [2.24, 2.45) is 7.05 Å². The van der Waals surface area contributed by atoms with Crippen LogP contribution in [0.2, 0.25) is 0 Å². The van der Waals surface area contributed by atoms with Crippen LogP contribution in [-0.4, -0.2) is 52.0 Å². The quantitative estimate of drug-likeness (QED) is 0.226. The number of aryl methyl sites for hydroxylation is 1. The molecule has 1 aliphatic rings. The van der Waals surface area contributed by atoms with Gasteiger partial charge in [0.1, 0.15) is 12.7 Å². The Hall–Kier alpha value is -5.29. The van der Waals surface area contributed by atoms with Crippen LogP contribution in [0.15, 0.2) is 107 Å². The topological polar surface area (TPSA) is 132 Å². The van der Waals surface area contributed by atoms with Crippen molar-refractivity contribution < 1.29 is 33.3 Å². The van der Waals surface area contributed by atoms with E-state index in [1.807, 2.05) is 0 Å². The molecule has 220 valence electrons. The number of carbonyl (C=O) groups excluding carboxylic acids is 3. The van der Waals surface area contributed by atoms with E-state index < -0.39 is 60.3 Å². The molecule has 1 fully saturated rings. The van der Waals surface area contributed by atoms with Crippen molar-refractivity contribution in [3.8, 4) is 0 Å². The summed E-state index contributed by atoms with van der Waals surface area (Å²) in [6, 6.07) is 25.7. The van der Waals surface area contributed by atoms with Crippen molar-refractivity contribution in [3.05, 3.63) is 140 Å². The van der Waals surface area contributed by atoms with Crippen molar-refractivity contribution in [1.82, 2.24) is 9.13 Å². The van der Waals surface area contributed by atoms with Gasteiger partial charge in [-0.05, 0) is 43.3 Å². The first kappa shape index (κ1) is 29.2. The zero-order chi connectivity index (χ0) is 30.5. The highest BCUT2D eigenvalue weighted by atomic mass is 16.7. The van der Waals surface area contributed by atoms with E-state index in [1.54, 1.807) is 91.0 Å². The number of hydrogen-bond acceptors (Lipinski definition) is 9. The molecule has 4 aromatic rings. The van der Waals surface area contributed by atoms with Gasteiger partial charge in [0.05, 0.1) is 16.7 Å². The van der Waals surface area contributed by atoms with Crippen LogP contribution in [0.3, 0.4) is 0 Å². The summed E-state index contributed by atoms with van der Waals surface area (Å²) in [6.45, 7) is 1.12. The maximum atomic E-state index is 13.3. The normalized spacial score (nSPS) is 19.4. The maximum Gasteiger partial charge on any atom is 0.338 e. The molecule has 1 aromatic heterocycles. The lowest BCUT2D eigenvalue weighted by Crippen LogP contribution is -2.45. The Labute approximate surface area is 245 Å². The second-order valence-electron chi connectivity index (χ2n) is 9.84. The highest BCUT2D eigenvalue weighted by Crippen LogP contribution is 2.35. The number of carbonyl (C=O) groups is 3. The van der Waals surface area contributed by atoms with E-state index in [4.69, 9.17) is 18.9 Å². The molecule has 0 spiro atoms. The summed E-state index contributed by atoms with van der Waals surface area (Å²) in [5.74, 6) is -2.17. The predicted molar refractivity (Wildman–Crippen MR) is 153 cm³/mol. The molecule has 0 saturated carbocycles. The van der Waals surface area contributed by atoms with Gasteiger partial charge in [-0.3, -0.25) is 13.9 Å². The van der Waals surface area contributed by atoms with Crippen LogP contribution in [0.4, 0.5) is 0 Å². The summed E-state index contributed by atoms with van der Waals surface area (Å²) in [4.78, 5) is 64.9. The molecule has 0 bridgehead atoms. The summed E-state index contributed by atoms with van der Waals surface area (Å²) in [6.07, 6.45) is -5.21. The standard InChI is InChI=1S/C32H28N2O9/c1-20-18-25(35)33(2)32(39)34(20)28-27(43-31(38)23-16-10-5-11-17-23)26(42-30(37)22-14-8-4-9-15-22)24(41-28)19-40-29(36)21-12-6-3-7-13-21/h3-18,24,26-28H,19H2,1-2H3/t24-,26-,27-,28-/m1/s1. The third-order valence-corrected chi connectivity index (χ3v) is 6.97. The minimum atomic E-state index is -1.38. The molecule has 0 N–H and O–H groups in total. The summed E-state index contributed by atoms with van der Waals surface area (Å²) in [5, 5.41) is 0. The number of aromatic nitrogens is 2. The summed E-state index contributed by atoms with van der Waals surface area (Å²) in [7, 11) is 1.30. The smallest absolute Gasteiger partial charge is 0.338 e. The monoisotopic (exact) mass is 584 g/mol. The van der Waals surface area contributed by atoms with E-state index >= 15 is 0 Å². The lowest BCUT2D eigenvalue weighted by molar-refractivity contribution is -0.0652. The Bertz CT molecular complexity index is 1730. The van der Waals surface area contributed by atoms with Gasteiger partial charge in [0, 0.05) is 18.8 Å². The fourth-order valence-corrected chi connectivity index (χ4v) is 4.73. The molecule has 4 atom stereocenters. The third kappa shape index (κ3) is 6.31. The van der Waals surface area contributed by atoms with Crippen LogP contribution in [0.1, 0.15) is 43.0 Å². The van der Waals surface area contributed by atoms with Gasteiger partial charge < -0.3 is 18.9 Å². The van der Waals surface area contributed by atoms with E-state index in [-0.39, 0.29) is 22.4 Å². The number of esters is 3. The fraction of sp³-hybridized carbons (Fsp3) is 0.219. The summed E-state index contributed by atoms with van der Waals surface area (Å²) in [5.41, 5.74) is -0.366. The third-order valence-electron chi connectivity index (χ3n) is 6.97. The first-order chi connectivity index (χ1) is 20.7. The van der Waals surface area contributed by atoms with Crippen LogP contribution < -0.4 is 11.2 Å². The molecule has 0 amide bonds. The van der Waals surface area contributed by atoms with E-state index in [0.29, 0.717) is 0 Å². The zero-order valence-corrected chi connectivity index (χ0v) is 23.3. The van der Waals surface area contributed by atoms with Gasteiger partial charge in [-0.25, -0.2) is 19.2 Å². The molecule has 0 radical (unpaired) electrons. The maximum absolute atomic E-state index is 13.3. The Balaban J connectivity index is 1.55. The Morgan fingerprint density at radius 3 is 1.70 bits per heavy atom. The van der Waals surface area contributed by atoms with Crippen LogP contribution in [0.5, 0.6) is 0 Å². The van der Waals surface area contributed by atoms with Gasteiger partial charge in [0.2, 0.25) is 0 Å². The van der Waals surface area contributed by atoms with Gasteiger partial charge in [-0.1, -0.05) is 54.6 Å². The minimum Gasteiger partial charge on any atom is -0.459 e. The molecular weight excluding hydrogens is 556 g/mol. The highest BCUT2D eigenvalue weighted by molar-refractivity contribution is 5.91. The Kier molecular flexibility index (Phi) is 8.63. The first-order valence-corrected chi connectivity index (χ1v) is 13.4.